The van der Waals surface area contributed by atoms with Crippen molar-refractivity contribution < 1.29 is 19.0 Å². The van der Waals surface area contributed by atoms with E-state index in [0.717, 1.165) is 28.1 Å². The fraction of sp³-hybridized carbons (Fsp3) is 0.167. The Morgan fingerprint density at radius 2 is 1.69 bits per heavy atom. The van der Waals surface area contributed by atoms with E-state index in [1.165, 1.54) is 7.11 Å². The van der Waals surface area contributed by atoms with Crippen LogP contribution in [0.2, 0.25) is 0 Å². The molecule has 0 N–H and O–H groups in total. The van der Waals surface area contributed by atoms with Gasteiger partial charge >= 0.3 is 5.97 Å². The molecule has 0 amide bonds. The van der Waals surface area contributed by atoms with Crippen molar-refractivity contribution in [1.82, 2.24) is 19.7 Å². The molecule has 0 atom stereocenters. The lowest BCUT2D eigenvalue weighted by atomic mass is 10.0. The molecule has 3 heterocycles. The fourth-order valence-electron chi connectivity index (χ4n) is 3.14. The molecular formula is C24H22N4O4. The molecule has 4 aromatic rings. The minimum absolute atomic E-state index is 0.0324. The van der Waals surface area contributed by atoms with Gasteiger partial charge in [0.25, 0.3) is 0 Å². The molecule has 0 fully saturated rings. The number of nitrogens with zero attached hydrogens (tertiary/aromatic N) is 4. The van der Waals surface area contributed by atoms with E-state index in [1.54, 1.807) is 30.4 Å². The van der Waals surface area contributed by atoms with Crippen LogP contribution in [-0.2, 0) is 22.7 Å². The number of pyridine rings is 2. The standard InChI is InChI=1S/C24H22N4O4/c1-30-21-8-5-19(26-13-21)16-32-20-6-3-18(4-7-20)24-22(17-9-11-25-12-10-17)14-28(27-24)15-23(29)31-2/h3-14H,15-16H2,1-2H3. The monoisotopic (exact) mass is 430 g/mol. The van der Waals surface area contributed by atoms with E-state index in [2.05, 4.69) is 15.1 Å². The van der Waals surface area contributed by atoms with Gasteiger partial charge in [-0.15, -0.1) is 0 Å². The molecule has 32 heavy (non-hydrogen) atoms. The van der Waals surface area contributed by atoms with Crippen LogP contribution in [0.25, 0.3) is 22.4 Å². The third kappa shape index (κ3) is 4.92. The van der Waals surface area contributed by atoms with Gasteiger partial charge in [0.15, 0.2) is 0 Å². The van der Waals surface area contributed by atoms with Crippen LogP contribution in [0, 0.1) is 0 Å². The first kappa shape index (κ1) is 21.0. The molecule has 0 aliphatic heterocycles. The lowest BCUT2D eigenvalue weighted by Gasteiger charge is -2.08. The van der Waals surface area contributed by atoms with Gasteiger partial charge in [-0.2, -0.15) is 5.10 Å². The number of benzene rings is 1. The molecule has 0 radical (unpaired) electrons. The number of carbonyl (C=O) groups is 1. The maximum Gasteiger partial charge on any atom is 0.327 e. The fourth-order valence-corrected chi connectivity index (χ4v) is 3.14. The van der Waals surface area contributed by atoms with Crippen LogP contribution in [0.1, 0.15) is 5.69 Å². The number of methoxy groups -OCH3 is 2. The Morgan fingerprint density at radius 1 is 0.938 bits per heavy atom. The van der Waals surface area contributed by atoms with Crippen LogP contribution < -0.4 is 9.47 Å². The number of esters is 1. The molecule has 0 unspecified atom stereocenters. The van der Waals surface area contributed by atoms with Gasteiger partial charge in [-0.25, -0.2) is 0 Å². The van der Waals surface area contributed by atoms with Gasteiger partial charge < -0.3 is 14.2 Å². The second-order valence-electron chi connectivity index (χ2n) is 6.90. The molecule has 0 saturated heterocycles. The molecule has 0 bridgehead atoms. The van der Waals surface area contributed by atoms with Crippen molar-refractivity contribution in [2.24, 2.45) is 0 Å². The van der Waals surface area contributed by atoms with Gasteiger partial charge in [0, 0.05) is 29.7 Å². The Morgan fingerprint density at radius 3 is 2.34 bits per heavy atom. The number of carbonyl (C=O) groups excluding carboxylic acids is 1. The number of rotatable bonds is 8. The van der Waals surface area contributed by atoms with E-state index >= 15 is 0 Å². The van der Waals surface area contributed by atoms with Crippen molar-refractivity contribution in [3.05, 3.63) is 79.0 Å². The molecule has 1 aromatic carbocycles. The Balaban J connectivity index is 1.55. The van der Waals surface area contributed by atoms with Gasteiger partial charge in [0.2, 0.25) is 0 Å². The summed E-state index contributed by atoms with van der Waals surface area (Å²) < 4.78 is 17.3. The first-order valence-electron chi connectivity index (χ1n) is 9.93. The van der Waals surface area contributed by atoms with Gasteiger partial charge in [0.05, 0.1) is 26.1 Å². The van der Waals surface area contributed by atoms with Gasteiger partial charge in [0.1, 0.15) is 30.3 Å². The molecule has 8 nitrogen and oxygen atoms in total. The first-order chi connectivity index (χ1) is 15.7. The third-order valence-electron chi connectivity index (χ3n) is 4.82. The highest BCUT2D eigenvalue weighted by atomic mass is 16.5. The van der Waals surface area contributed by atoms with Crippen LogP contribution in [0.15, 0.2) is 73.3 Å². The van der Waals surface area contributed by atoms with Crippen molar-refractivity contribution in [3.8, 4) is 33.9 Å². The molecule has 4 rings (SSSR count). The van der Waals surface area contributed by atoms with E-state index in [0.29, 0.717) is 18.1 Å². The summed E-state index contributed by atoms with van der Waals surface area (Å²) in [5, 5.41) is 4.62. The van der Waals surface area contributed by atoms with E-state index in [9.17, 15) is 4.79 Å². The summed E-state index contributed by atoms with van der Waals surface area (Å²) >= 11 is 0. The summed E-state index contributed by atoms with van der Waals surface area (Å²) in [4.78, 5) is 20.1. The van der Waals surface area contributed by atoms with Crippen LogP contribution in [0.4, 0.5) is 0 Å². The highest BCUT2D eigenvalue weighted by Crippen LogP contribution is 2.31. The summed E-state index contributed by atoms with van der Waals surface area (Å²) in [5.41, 5.74) is 4.31. The number of ether oxygens (including phenoxy) is 3. The normalized spacial score (nSPS) is 10.6. The van der Waals surface area contributed by atoms with Crippen molar-refractivity contribution in [3.63, 3.8) is 0 Å². The van der Waals surface area contributed by atoms with Crippen LogP contribution >= 0.6 is 0 Å². The molecule has 0 saturated carbocycles. The second kappa shape index (κ2) is 9.74. The molecule has 8 heteroatoms. The van der Waals surface area contributed by atoms with Crippen LogP contribution in [0.5, 0.6) is 11.5 Å². The maximum atomic E-state index is 11.7. The Hall–Kier alpha value is -4.20. The average molecular weight is 430 g/mol. The second-order valence-corrected chi connectivity index (χ2v) is 6.90. The molecule has 0 spiro atoms. The quantitative estimate of drug-likeness (QED) is 0.393. The van der Waals surface area contributed by atoms with E-state index in [1.807, 2.05) is 54.7 Å². The summed E-state index contributed by atoms with van der Waals surface area (Å²) in [6, 6.07) is 15.2. The zero-order valence-electron chi connectivity index (χ0n) is 17.8. The van der Waals surface area contributed by atoms with E-state index in [-0.39, 0.29) is 12.5 Å². The van der Waals surface area contributed by atoms with Crippen LogP contribution in [0.3, 0.4) is 0 Å². The van der Waals surface area contributed by atoms with Crippen molar-refractivity contribution in [2.45, 2.75) is 13.2 Å². The number of hydrogen-bond donors (Lipinski definition) is 0. The molecule has 3 aromatic heterocycles. The first-order valence-corrected chi connectivity index (χ1v) is 9.93. The Kier molecular flexibility index (Phi) is 6.41. The lowest BCUT2D eigenvalue weighted by Crippen LogP contribution is -2.11. The summed E-state index contributed by atoms with van der Waals surface area (Å²) in [6.45, 7) is 0.379. The molecular weight excluding hydrogens is 408 g/mol. The summed E-state index contributed by atoms with van der Waals surface area (Å²) in [6.07, 6.45) is 6.94. The lowest BCUT2D eigenvalue weighted by molar-refractivity contribution is -0.141. The predicted octanol–water partition coefficient (Wildman–Crippen LogP) is 3.77. The molecule has 162 valence electrons. The number of hydrogen-bond acceptors (Lipinski definition) is 7. The highest BCUT2D eigenvalue weighted by molar-refractivity contribution is 5.80. The van der Waals surface area contributed by atoms with Gasteiger partial charge in [-0.3, -0.25) is 19.4 Å². The largest absolute Gasteiger partial charge is 0.495 e. The Bertz CT molecular complexity index is 1170. The minimum Gasteiger partial charge on any atom is -0.495 e. The van der Waals surface area contributed by atoms with Crippen molar-refractivity contribution in [2.75, 3.05) is 14.2 Å². The van der Waals surface area contributed by atoms with Gasteiger partial charge in [-0.1, -0.05) is 0 Å². The van der Waals surface area contributed by atoms with Crippen LogP contribution in [-0.4, -0.2) is 39.9 Å². The molecule has 0 aliphatic rings. The summed E-state index contributed by atoms with van der Waals surface area (Å²) in [5.74, 6) is 1.05. The highest BCUT2D eigenvalue weighted by Gasteiger charge is 2.15. The minimum atomic E-state index is -0.365. The van der Waals surface area contributed by atoms with Gasteiger partial charge in [-0.05, 0) is 54.1 Å². The number of aromatic nitrogens is 4. The average Bonchev–Trinajstić information content (AvgIpc) is 3.27. The maximum absolute atomic E-state index is 11.7. The van der Waals surface area contributed by atoms with E-state index < -0.39 is 0 Å². The summed E-state index contributed by atoms with van der Waals surface area (Å²) in [7, 11) is 2.96. The van der Waals surface area contributed by atoms with Crippen molar-refractivity contribution in [1.29, 1.82) is 0 Å². The zero-order valence-corrected chi connectivity index (χ0v) is 17.8. The SMILES string of the molecule is COC(=O)Cn1cc(-c2ccncc2)c(-c2ccc(OCc3ccc(OC)cn3)cc2)n1. The zero-order chi connectivity index (χ0) is 22.3. The van der Waals surface area contributed by atoms with Crippen molar-refractivity contribution >= 4 is 5.97 Å². The topological polar surface area (TPSA) is 88.4 Å². The third-order valence-corrected chi connectivity index (χ3v) is 4.82. The Labute approximate surface area is 185 Å². The smallest absolute Gasteiger partial charge is 0.327 e. The van der Waals surface area contributed by atoms with E-state index in [4.69, 9.17) is 14.2 Å². The predicted molar refractivity (Wildman–Crippen MR) is 118 cm³/mol. The molecule has 0 aliphatic carbocycles.